The zero-order chi connectivity index (χ0) is 17.8. The maximum absolute atomic E-state index is 12.9. The molecule has 4 rings (SSSR count). The second-order valence-corrected chi connectivity index (χ2v) is 5.76. The lowest BCUT2D eigenvalue weighted by Crippen LogP contribution is -2.35. The Kier molecular flexibility index (Phi) is 3.23. The molecule has 0 heterocycles. The normalized spacial score (nSPS) is 13.6. The molecule has 0 fully saturated rings. The predicted octanol–water partition coefficient (Wildman–Crippen LogP) is 1.58. The van der Waals surface area contributed by atoms with Crippen molar-refractivity contribution in [1.82, 2.24) is 0 Å². The van der Waals surface area contributed by atoms with Crippen LogP contribution in [0.15, 0.2) is 54.6 Å². The zero-order valence-corrected chi connectivity index (χ0v) is 12.8. The average molecular weight is 336 g/mol. The first-order valence-electron chi connectivity index (χ1n) is 7.46. The molecule has 0 amide bonds. The van der Waals surface area contributed by atoms with Gasteiger partial charge in [-0.05, 0) is 29.0 Å². The van der Waals surface area contributed by atoms with Gasteiger partial charge in [0.2, 0.25) is 0 Å². The lowest BCUT2D eigenvalue weighted by molar-refractivity contribution is -0.419. The number of rotatable bonds is 2. The van der Waals surface area contributed by atoms with Gasteiger partial charge < -0.3 is 20.1 Å². The molecule has 6 heteroatoms. The van der Waals surface area contributed by atoms with Crippen molar-refractivity contribution >= 4 is 22.3 Å². The first-order valence-corrected chi connectivity index (χ1v) is 7.46. The van der Waals surface area contributed by atoms with Crippen LogP contribution in [0.1, 0.15) is 31.8 Å². The number of aliphatic hydroxyl groups is 3. The van der Waals surface area contributed by atoms with Gasteiger partial charge >= 0.3 is 6.16 Å². The van der Waals surface area contributed by atoms with Crippen molar-refractivity contribution in [2.75, 3.05) is 0 Å². The maximum Gasteiger partial charge on any atom is 0.453 e. The Morgan fingerprint density at radius 1 is 0.720 bits per heavy atom. The third kappa shape index (κ3) is 2.49. The van der Waals surface area contributed by atoms with Crippen molar-refractivity contribution in [3.05, 3.63) is 76.9 Å². The Labute approximate surface area is 141 Å². The van der Waals surface area contributed by atoms with Crippen molar-refractivity contribution in [3.63, 3.8) is 0 Å². The minimum absolute atomic E-state index is 0.0783. The van der Waals surface area contributed by atoms with Crippen molar-refractivity contribution in [3.8, 4) is 5.75 Å². The van der Waals surface area contributed by atoms with E-state index < -0.39 is 11.9 Å². The monoisotopic (exact) mass is 336 g/mol. The van der Waals surface area contributed by atoms with Gasteiger partial charge in [0.05, 0.1) is 5.56 Å². The van der Waals surface area contributed by atoms with E-state index in [-0.39, 0.29) is 33.8 Å². The topological polar surface area (TPSA) is 104 Å². The highest BCUT2D eigenvalue weighted by molar-refractivity contribution is 6.30. The highest BCUT2D eigenvalue weighted by Gasteiger charge is 2.34. The fraction of sp³-hybridized carbons (Fsp3) is 0.0526. The van der Waals surface area contributed by atoms with Crippen LogP contribution >= 0.6 is 0 Å². The number of hydrogen-bond acceptors (Lipinski definition) is 6. The number of carbonyl (C=O) groups excluding carboxylic acids is 2. The van der Waals surface area contributed by atoms with Crippen LogP contribution in [0.3, 0.4) is 0 Å². The fourth-order valence-electron chi connectivity index (χ4n) is 3.08. The number of hydrogen-bond donors (Lipinski definition) is 3. The molecule has 0 aromatic heterocycles. The van der Waals surface area contributed by atoms with Crippen LogP contribution in [0.2, 0.25) is 0 Å². The van der Waals surface area contributed by atoms with Gasteiger partial charge in [-0.25, -0.2) is 0 Å². The summed E-state index contributed by atoms with van der Waals surface area (Å²) in [4.78, 5) is 25.7. The number of carbonyl (C=O) groups is 2. The van der Waals surface area contributed by atoms with Crippen LogP contribution in [0.5, 0.6) is 5.75 Å². The Hall–Kier alpha value is -3.06. The van der Waals surface area contributed by atoms with Crippen LogP contribution in [0.4, 0.5) is 0 Å². The molecule has 0 unspecified atom stereocenters. The molecule has 25 heavy (non-hydrogen) atoms. The molecule has 0 saturated carbocycles. The van der Waals surface area contributed by atoms with Crippen molar-refractivity contribution in [2.24, 2.45) is 0 Å². The van der Waals surface area contributed by atoms with E-state index >= 15 is 0 Å². The quantitative estimate of drug-likeness (QED) is 0.480. The molecule has 0 radical (unpaired) electrons. The third-order valence-electron chi connectivity index (χ3n) is 4.12. The molecule has 3 aromatic carbocycles. The maximum atomic E-state index is 12.9. The molecule has 6 nitrogen and oxygen atoms in total. The van der Waals surface area contributed by atoms with Crippen molar-refractivity contribution in [2.45, 2.75) is 6.16 Å². The van der Waals surface area contributed by atoms with E-state index in [0.29, 0.717) is 0 Å². The summed E-state index contributed by atoms with van der Waals surface area (Å²) in [7, 11) is 0. The first-order chi connectivity index (χ1) is 11.8. The molecule has 0 bridgehead atoms. The number of benzene rings is 3. The summed E-state index contributed by atoms with van der Waals surface area (Å²) in [6, 6.07) is 14.8. The van der Waals surface area contributed by atoms with Crippen LogP contribution in [0.25, 0.3) is 10.8 Å². The molecular formula is C19H12O6. The van der Waals surface area contributed by atoms with Gasteiger partial charge in [-0.15, -0.1) is 0 Å². The van der Waals surface area contributed by atoms with E-state index in [1.54, 1.807) is 12.1 Å². The van der Waals surface area contributed by atoms with E-state index in [0.717, 1.165) is 10.8 Å². The largest absolute Gasteiger partial charge is 0.453 e. The molecule has 1 aliphatic rings. The van der Waals surface area contributed by atoms with E-state index in [1.807, 2.05) is 24.3 Å². The van der Waals surface area contributed by atoms with Gasteiger partial charge in [-0.2, -0.15) is 0 Å². The molecule has 3 aromatic rings. The van der Waals surface area contributed by atoms with Crippen LogP contribution in [-0.4, -0.2) is 33.0 Å². The molecule has 1 aliphatic carbocycles. The van der Waals surface area contributed by atoms with Gasteiger partial charge in [0.1, 0.15) is 5.75 Å². The number of ketones is 2. The Morgan fingerprint density at radius 2 is 1.32 bits per heavy atom. The Balaban J connectivity index is 1.96. The third-order valence-corrected chi connectivity index (χ3v) is 4.12. The minimum atomic E-state index is -3.46. The lowest BCUT2D eigenvalue weighted by Gasteiger charge is -2.23. The summed E-state index contributed by atoms with van der Waals surface area (Å²) in [6.07, 6.45) is -3.46. The second-order valence-electron chi connectivity index (χ2n) is 5.76. The number of ether oxygens (including phenoxy) is 1. The lowest BCUT2D eigenvalue weighted by atomic mass is 9.82. The first kappa shape index (κ1) is 15.5. The SMILES string of the molecule is O=C1c2cc3ccccc3cc2C(=O)c2c(OC(O)(O)O)cccc21. The Bertz CT molecular complexity index is 1050. The molecule has 0 atom stereocenters. The summed E-state index contributed by atoms with van der Waals surface area (Å²) in [5, 5.41) is 28.8. The minimum Gasteiger partial charge on any atom is -0.416 e. The van der Waals surface area contributed by atoms with Gasteiger partial charge in [0, 0.05) is 16.7 Å². The second kappa shape index (κ2) is 5.22. The van der Waals surface area contributed by atoms with E-state index in [1.165, 1.54) is 18.2 Å². The summed E-state index contributed by atoms with van der Waals surface area (Å²) in [5.41, 5.74) is 0.439. The van der Waals surface area contributed by atoms with Crippen molar-refractivity contribution in [1.29, 1.82) is 0 Å². The highest BCUT2D eigenvalue weighted by Crippen LogP contribution is 2.35. The van der Waals surface area contributed by atoms with Crippen LogP contribution in [-0.2, 0) is 0 Å². The molecule has 0 spiro atoms. The molecular weight excluding hydrogens is 324 g/mol. The summed E-state index contributed by atoms with van der Waals surface area (Å²) in [6.45, 7) is 0. The van der Waals surface area contributed by atoms with Gasteiger partial charge in [0.15, 0.2) is 11.6 Å². The zero-order valence-electron chi connectivity index (χ0n) is 12.8. The van der Waals surface area contributed by atoms with Gasteiger partial charge in [-0.1, -0.05) is 36.4 Å². The molecule has 3 N–H and O–H groups in total. The number of fused-ring (bicyclic) bond motifs is 3. The van der Waals surface area contributed by atoms with E-state index in [9.17, 15) is 9.59 Å². The van der Waals surface area contributed by atoms with Gasteiger partial charge in [0.25, 0.3) is 0 Å². The van der Waals surface area contributed by atoms with Crippen LogP contribution in [0, 0.1) is 0 Å². The summed E-state index contributed by atoms with van der Waals surface area (Å²) in [5.74, 6) is -1.16. The fourth-order valence-corrected chi connectivity index (χ4v) is 3.08. The summed E-state index contributed by atoms with van der Waals surface area (Å²) < 4.78 is 4.61. The molecule has 0 saturated heterocycles. The van der Waals surface area contributed by atoms with E-state index in [4.69, 9.17) is 15.3 Å². The van der Waals surface area contributed by atoms with Gasteiger partial charge in [-0.3, -0.25) is 9.59 Å². The molecule has 0 aliphatic heterocycles. The molecule has 124 valence electrons. The predicted molar refractivity (Wildman–Crippen MR) is 87.3 cm³/mol. The smallest absolute Gasteiger partial charge is 0.416 e. The van der Waals surface area contributed by atoms with E-state index in [2.05, 4.69) is 4.74 Å². The van der Waals surface area contributed by atoms with Crippen LogP contribution < -0.4 is 4.74 Å². The average Bonchev–Trinajstić information content (AvgIpc) is 2.57. The standard InChI is InChI=1S/C19H12O6/c20-17-12-6-3-7-15(25-19(22,23)24)16(12)18(21)14-9-11-5-2-1-4-10(11)8-13(14)17/h1-9,22-24H. The summed E-state index contributed by atoms with van der Waals surface area (Å²) >= 11 is 0. The highest BCUT2D eigenvalue weighted by atomic mass is 16.9. The van der Waals surface area contributed by atoms with Crippen molar-refractivity contribution < 1.29 is 29.6 Å². The Morgan fingerprint density at radius 3 is 1.92 bits per heavy atom.